The summed E-state index contributed by atoms with van der Waals surface area (Å²) in [5.74, 6) is -0.467. The smallest absolute Gasteiger partial charge is 0.259 e. The molecule has 4 rings (SSSR count). The van der Waals surface area contributed by atoms with Crippen molar-refractivity contribution in [3.05, 3.63) is 70.2 Å². The minimum atomic E-state index is -0.741. The molecule has 3 aromatic rings. The molecule has 1 aliphatic heterocycles. The van der Waals surface area contributed by atoms with Gasteiger partial charge in [-0.05, 0) is 30.2 Å². The van der Waals surface area contributed by atoms with Crippen molar-refractivity contribution in [3.63, 3.8) is 0 Å². The Morgan fingerprint density at radius 2 is 1.97 bits per heavy atom. The first-order chi connectivity index (χ1) is 16.0. The Labute approximate surface area is 190 Å². The molecule has 8 nitrogen and oxygen atoms in total. The van der Waals surface area contributed by atoms with Crippen LogP contribution in [-0.4, -0.2) is 40.1 Å². The summed E-state index contributed by atoms with van der Waals surface area (Å²) in [4.78, 5) is 37.5. The molecule has 33 heavy (non-hydrogen) atoms. The van der Waals surface area contributed by atoms with Gasteiger partial charge in [-0.25, -0.2) is 14.4 Å². The number of pyridine rings is 1. The topological polar surface area (TPSA) is 114 Å². The third-order valence-corrected chi connectivity index (χ3v) is 5.69. The average molecular weight is 452 g/mol. The molecule has 0 spiro atoms. The lowest BCUT2D eigenvalue weighted by Gasteiger charge is -2.32. The number of aromatic amines is 1. The molecule has 1 aromatic carbocycles. The highest BCUT2D eigenvalue weighted by molar-refractivity contribution is 5.93. The van der Waals surface area contributed by atoms with E-state index in [2.05, 4.69) is 26.8 Å². The van der Waals surface area contributed by atoms with Gasteiger partial charge in [-0.1, -0.05) is 19.4 Å². The number of carbonyl (C=O) groups excluding carboxylic acids is 1. The Bertz CT molecular complexity index is 1190. The van der Waals surface area contributed by atoms with E-state index in [1.807, 2.05) is 12.4 Å². The van der Waals surface area contributed by atoms with Crippen LogP contribution in [0, 0.1) is 5.82 Å². The zero-order valence-electron chi connectivity index (χ0n) is 18.4. The Hall–Kier alpha value is -3.75. The number of ether oxygens (including phenoxy) is 1. The van der Waals surface area contributed by atoms with E-state index in [4.69, 9.17) is 10.5 Å². The number of piperidine rings is 1. The van der Waals surface area contributed by atoms with Crippen LogP contribution in [0.15, 0.2) is 47.7 Å². The summed E-state index contributed by atoms with van der Waals surface area (Å²) in [5.41, 5.74) is 6.03. The molecule has 2 aromatic heterocycles. The van der Waals surface area contributed by atoms with Crippen LogP contribution in [-0.2, 0) is 6.42 Å². The second-order valence-electron chi connectivity index (χ2n) is 8.05. The molecule has 3 N–H and O–H groups in total. The molecule has 0 atom stereocenters. The van der Waals surface area contributed by atoms with Gasteiger partial charge >= 0.3 is 0 Å². The Balaban J connectivity index is 1.48. The van der Waals surface area contributed by atoms with Crippen LogP contribution in [0.2, 0.25) is 0 Å². The van der Waals surface area contributed by atoms with E-state index in [-0.39, 0.29) is 22.8 Å². The molecular formula is C24H26FN5O3. The van der Waals surface area contributed by atoms with Gasteiger partial charge in [-0.3, -0.25) is 9.59 Å². The summed E-state index contributed by atoms with van der Waals surface area (Å²) in [6, 6.07) is 5.40. The van der Waals surface area contributed by atoms with Gasteiger partial charge in [0.1, 0.15) is 17.7 Å². The first-order valence-electron chi connectivity index (χ1n) is 11.0. The largest absolute Gasteiger partial charge is 0.489 e. The molecule has 0 unspecified atom stereocenters. The van der Waals surface area contributed by atoms with Crippen LogP contribution in [0.25, 0.3) is 11.1 Å². The van der Waals surface area contributed by atoms with E-state index in [1.165, 1.54) is 18.3 Å². The van der Waals surface area contributed by atoms with Crippen LogP contribution in [0.4, 0.5) is 10.3 Å². The monoisotopic (exact) mass is 451 g/mol. The Morgan fingerprint density at radius 1 is 1.24 bits per heavy atom. The van der Waals surface area contributed by atoms with Gasteiger partial charge in [0, 0.05) is 55.6 Å². The third-order valence-electron chi connectivity index (χ3n) is 5.69. The molecule has 9 heteroatoms. The van der Waals surface area contributed by atoms with E-state index in [0.717, 1.165) is 24.5 Å². The average Bonchev–Trinajstić information content (AvgIpc) is 2.81. The molecule has 172 valence electrons. The molecule has 0 aliphatic carbocycles. The Kier molecular flexibility index (Phi) is 6.67. The Morgan fingerprint density at radius 3 is 2.61 bits per heavy atom. The van der Waals surface area contributed by atoms with Crippen molar-refractivity contribution < 1.29 is 13.9 Å². The summed E-state index contributed by atoms with van der Waals surface area (Å²) >= 11 is 0. The number of carbonyl (C=O) groups is 1. The number of rotatable bonds is 7. The highest BCUT2D eigenvalue weighted by Gasteiger charge is 2.24. The van der Waals surface area contributed by atoms with Gasteiger partial charge in [-0.2, -0.15) is 0 Å². The second-order valence-corrected chi connectivity index (χ2v) is 8.05. The number of aryl methyl sites for hydroxylation is 1. The fourth-order valence-corrected chi connectivity index (χ4v) is 3.97. The van der Waals surface area contributed by atoms with Crippen LogP contribution >= 0.6 is 0 Å². The van der Waals surface area contributed by atoms with E-state index >= 15 is 0 Å². The fourth-order valence-electron chi connectivity index (χ4n) is 3.97. The number of nitrogens with one attached hydrogen (secondary N) is 1. The minimum absolute atomic E-state index is 0.0309. The van der Waals surface area contributed by atoms with E-state index < -0.39 is 17.3 Å². The molecule has 0 saturated carbocycles. The first kappa shape index (κ1) is 22.4. The molecular weight excluding hydrogens is 425 g/mol. The zero-order chi connectivity index (χ0) is 23.4. The number of H-pyrrole nitrogens is 1. The molecule has 1 amide bonds. The predicted octanol–water partition coefficient (Wildman–Crippen LogP) is 3.07. The highest BCUT2D eigenvalue weighted by atomic mass is 19.1. The quantitative estimate of drug-likeness (QED) is 0.571. The highest BCUT2D eigenvalue weighted by Crippen LogP contribution is 2.31. The van der Waals surface area contributed by atoms with Crippen molar-refractivity contribution in [1.82, 2.24) is 15.0 Å². The number of primary amides is 1. The number of aromatic nitrogens is 3. The first-order valence-corrected chi connectivity index (χ1v) is 11.0. The number of halogens is 1. The normalized spacial score (nSPS) is 14.3. The van der Waals surface area contributed by atoms with E-state index in [1.54, 1.807) is 6.07 Å². The number of hydrogen-bond donors (Lipinski definition) is 2. The van der Waals surface area contributed by atoms with Crippen LogP contribution in [0.5, 0.6) is 5.75 Å². The maximum atomic E-state index is 14.7. The zero-order valence-corrected chi connectivity index (χ0v) is 18.4. The van der Waals surface area contributed by atoms with Crippen LogP contribution < -0.4 is 20.9 Å². The van der Waals surface area contributed by atoms with Crippen molar-refractivity contribution in [2.75, 3.05) is 18.0 Å². The maximum Gasteiger partial charge on any atom is 0.259 e. The van der Waals surface area contributed by atoms with Crippen LogP contribution in [0.3, 0.4) is 0 Å². The maximum absolute atomic E-state index is 14.7. The van der Waals surface area contributed by atoms with Gasteiger partial charge < -0.3 is 20.4 Å². The van der Waals surface area contributed by atoms with Gasteiger partial charge in [0.2, 0.25) is 11.9 Å². The molecule has 0 radical (unpaired) electrons. The van der Waals surface area contributed by atoms with Gasteiger partial charge in [0.25, 0.3) is 5.56 Å². The summed E-state index contributed by atoms with van der Waals surface area (Å²) in [6.07, 6.45) is 8.48. The molecule has 1 aliphatic rings. The lowest BCUT2D eigenvalue weighted by molar-refractivity contribution is 0.1000. The van der Waals surface area contributed by atoms with Crippen molar-refractivity contribution in [2.45, 2.75) is 38.7 Å². The van der Waals surface area contributed by atoms with E-state index in [9.17, 15) is 14.0 Å². The number of nitrogens with two attached hydrogens (primary N) is 1. The second kappa shape index (κ2) is 9.81. The fraction of sp³-hybridized carbons (Fsp3) is 0.333. The SMILES string of the molecule is CCCc1cnc(N2CCC(Oc3cc[nH]c(=O)c3-c3ccc(C(N)=O)cc3F)CC2)nc1. The molecule has 1 fully saturated rings. The predicted molar refractivity (Wildman–Crippen MR) is 123 cm³/mol. The lowest BCUT2D eigenvalue weighted by Crippen LogP contribution is -2.39. The molecule has 1 saturated heterocycles. The number of benzene rings is 1. The lowest BCUT2D eigenvalue weighted by atomic mass is 10.0. The molecule has 0 bridgehead atoms. The van der Waals surface area contributed by atoms with Gasteiger partial charge in [0.15, 0.2) is 0 Å². The third kappa shape index (κ3) is 5.02. The van der Waals surface area contributed by atoms with Crippen molar-refractivity contribution in [2.24, 2.45) is 5.73 Å². The number of amides is 1. The standard InChI is InChI=1S/C24H26FN5O3/c1-2-3-15-13-28-24(29-14-15)30-10-7-17(8-11-30)33-20-6-9-27-23(32)21(20)18-5-4-16(22(26)31)12-19(18)25/h4-6,9,12-14,17H,2-3,7-8,10-11H2,1H3,(H2,26,31)(H,27,32). The summed E-state index contributed by atoms with van der Waals surface area (Å²) < 4.78 is 20.9. The van der Waals surface area contributed by atoms with Gasteiger partial charge in [0.05, 0.1) is 5.56 Å². The summed E-state index contributed by atoms with van der Waals surface area (Å²) in [7, 11) is 0. The summed E-state index contributed by atoms with van der Waals surface area (Å²) in [5, 5.41) is 0. The molecule has 3 heterocycles. The number of nitrogens with zero attached hydrogens (tertiary/aromatic N) is 3. The van der Waals surface area contributed by atoms with Crippen molar-refractivity contribution in [3.8, 4) is 16.9 Å². The van der Waals surface area contributed by atoms with Crippen LogP contribution in [0.1, 0.15) is 42.1 Å². The number of anilines is 1. The van der Waals surface area contributed by atoms with Crippen molar-refractivity contribution >= 4 is 11.9 Å². The van der Waals surface area contributed by atoms with E-state index in [0.29, 0.717) is 37.6 Å². The minimum Gasteiger partial charge on any atom is -0.489 e. The van der Waals surface area contributed by atoms with Crippen molar-refractivity contribution in [1.29, 1.82) is 0 Å². The summed E-state index contributed by atoms with van der Waals surface area (Å²) in [6.45, 7) is 3.53. The van der Waals surface area contributed by atoms with Gasteiger partial charge in [-0.15, -0.1) is 0 Å². The number of hydrogen-bond acceptors (Lipinski definition) is 6.